The largest absolute Gasteiger partial charge is 0.496 e. The summed E-state index contributed by atoms with van der Waals surface area (Å²) in [4.78, 5) is 15.9. The smallest absolute Gasteiger partial charge is 0.338 e. The number of ether oxygens (including phenoxy) is 3. The molecule has 2 atom stereocenters. The first-order valence-electron chi connectivity index (χ1n) is 11.4. The van der Waals surface area contributed by atoms with Crippen LogP contribution in [0.15, 0.2) is 24.4 Å². The molecule has 0 saturated heterocycles. The summed E-state index contributed by atoms with van der Waals surface area (Å²) < 4.78 is 18.8. The van der Waals surface area contributed by atoms with Crippen molar-refractivity contribution in [3.05, 3.63) is 46.8 Å². The van der Waals surface area contributed by atoms with Gasteiger partial charge in [0.15, 0.2) is 0 Å². The topological polar surface area (TPSA) is 140 Å². The van der Waals surface area contributed by atoms with Gasteiger partial charge in [0.05, 0.1) is 38.6 Å². The van der Waals surface area contributed by atoms with Crippen molar-refractivity contribution in [2.75, 3.05) is 14.2 Å². The number of aliphatic hydroxyl groups excluding tert-OH is 1. The molecule has 3 aromatic rings. The van der Waals surface area contributed by atoms with Gasteiger partial charge >= 0.3 is 5.97 Å². The van der Waals surface area contributed by atoms with Crippen LogP contribution in [0.5, 0.6) is 11.5 Å². The van der Waals surface area contributed by atoms with E-state index < -0.39 is 18.2 Å². The van der Waals surface area contributed by atoms with Crippen molar-refractivity contribution in [3.8, 4) is 17.6 Å². The van der Waals surface area contributed by atoms with Gasteiger partial charge in [-0.1, -0.05) is 12.8 Å². The maximum Gasteiger partial charge on any atom is 0.338 e. The van der Waals surface area contributed by atoms with Crippen LogP contribution in [0.3, 0.4) is 0 Å². The molecule has 0 radical (unpaired) electrons. The predicted molar refractivity (Wildman–Crippen MR) is 126 cm³/mol. The first-order valence-corrected chi connectivity index (χ1v) is 11.4. The number of aromatic nitrogens is 3. The fourth-order valence-electron chi connectivity index (χ4n) is 4.53. The summed E-state index contributed by atoms with van der Waals surface area (Å²) in [6.45, 7) is 2.02. The van der Waals surface area contributed by atoms with Crippen LogP contribution in [0, 0.1) is 18.3 Å². The highest BCUT2D eigenvalue weighted by Crippen LogP contribution is 2.35. The van der Waals surface area contributed by atoms with E-state index in [2.05, 4.69) is 10.1 Å². The first-order chi connectivity index (χ1) is 16.8. The molecule has 1 aliphatic carbocycles. The predicted octanol–water partition coefficient (Wildman–Crippen LogP) is 3.39. The van der Waals surface area contributed by atoms with E-state index in [9.17, 15) is 20.3 Å². The van der Waals surface area contributed by atoms with Gasteiger partial charge in [0.25, 0.3) is 0 Å². The number of rotatable bonds is 9. The maximum absolute atomic E-state index is 11.7. The number of carboxylic acid groups (broad SMARTS) is 1. The van der Waals surface area contributed by atoms with Crippen molar-refractivity contribution < 1.29 is 29.2 Å². The van der Waals surface area contributed by atoms with E-state index in [1.807, 2.05) is 13.0 Å². The number of aromatic carboxylic acids is 1. The van der Waals surface area contributed by atoms with E-state index in [1.165, 1.54) is 10.7 Å². The Bertz CT molecular complexity index is 1250. The number of nitriles is 1. The van der Waals surface area contributed by atoms with Crippen LogP contribution in [0.25, 0.3) is 11.0 Å². The zero-order valence-electron chi connectivity index (χ0n) is 19.9. The van der Waals surface area contributed by atoms with Gasteiger partial charge in [-0.25, -0.2) is 9.78 Å². The Balaban J connectivity index is 1.71. The van der Waals surface area contributed by atoms with Crippen molar-refractivity contribution in [2.24, 2.45) is 0 Å². The number of pyridine rings is 1. The van der Waals surface area contributed by atoms with E-state index >= 15 is 0 Å². The number of fused-ring (bicyclic) bond motifs is 1. The third-order valence-electron chi connectivity index (χ3n) is 6.37. The van der Waals surface area contributed by atoms with Gasteiger partial charge in [0.2, 0.25) is 0 Å². The van der Waals surface area contributed by atoms with Crippen LogP contribution < -0.4 is 9.47 Å². The zero-order valence-corrected chi connectivity index (χ0v) is 19.9. The lowest BCUT2D eigenvalue weighted by molar-refractivity contribution is -0.0845. The van der Waals surface area contributed by atoms with Crippen molar-refractivity contribution in [2.45, 2.75) is 57.5 Å². The highest BCUT2D eigenvalue weighted by atomic mass is 16.5. The monoisotopic (exact) mass is 480 g/mol. The second-order valence-corrected chi connectivity index (χ2v) is 8.63. The molecule has 2 N–H and O–H groups in total. The highest BCUT2D eigenvalue weighted by Gasteiger charge is 2.29. The van der Waals surface area contributed by atoms with Crippen molar-refractivity contribution >= 4 is 17.0 Å². The molecule has 0 amide bonds. The third kappa shape index (κ3) is 5.06. The summed E-state index contributed by atoms with van der Waals surface area (Å²) in [5.74, 6) is -0.0267. The number of carbonyl (C=O) groups is 1. The second kappa shape index (κ2) is 10.3. The molecule has 4 rings (SSSR count). The molecular formula is C25H28N4O6. The SMILES string of the molecule is COc1cc(C(O)C(Cn2cc3nc(C#N)cc(C(=O)O)c3n2)OC2CCCC2)cc(OC)c1C. The Labute approximate surface area is 202 Å². The zero-order chi connectivity index (χ0) is 25.1. The van der Waals surface area contributed by atoms with Gasteiger partial charge in [-0.3, -0.25) is 4.68 Å². The molecule has 0 aliphatic heterocycles. The molecule has 2 heterocycles. The van der Waals surface area contributed by atoms with Gasteiger partial charge in [-0.15, -0.1) is 0 Å². The van der Waals surface area contributed by atoms with Crippen LogP contribution in [-0.4, -0.2) is 57.4 Å². The summed E-state index contributed by atoms with van der Waals surface area (Å²) in [5.41, 5.74) is 1.73. The average molecular weight is 481 g/mol. The molecule has 35 heavy (non-hydrogen) atoms. The number of aliphatic hydroxyl groups is 1. The standard InChI is InChI=1S/C25H28N4O6/c1-14-20(33-2)8-15(9-21(14)34-3)24(30)22(35-17-6-4-5-7-17)13-29-12-19-23(28-29)18(25(31)32)10-16(11-26)27-19/h8-10,12,17,22,24,30H,4-7,13H2,1-3H3,(H,31,32). The number of hydrogen-bond acceptors (Lipinski definition) is 8. The average Bonchev–Trinajstić information content (AvgIpc) is 3.51. The number of nitrogens with zero attached hydrogens (tertiary/aromatic N) is 4. The molecule has 10 nitrogen and oxygen atoms in total. The summed E-state index contributed by atoms with van der Waals surface area (Å²) in [6.07, 6.45) is 3.79. The molecule has 0 bridgehead atoms. The Morgan fingerprint density at radius 3 is 2.46 bits per heavy atom. The summed E-state index contributed by atoms with van der Waals surface area (Å²) in [5, 5.41) is 34.6. The molecule has 1 aliphatic rings. The minimum atomic E-state index is -1.20. The van der Waals surface area contributed by atoms with E-state index in [0.717, 1.165) is 31.2 Å². The lowest BCUT2D eigenvalue weighted by Crippen LogP contribution is -2.31. The Morgan fingerprint density at radius 1 is 1.23 bits per heavy atom. The number of benzene rings is 1. The van der Waals surface area contributed by atoms with E-state index in [-0.39, 0.29) is 34.9 Å². The van der Waals surface area contributed by atoms with E-state index in [1.54, 1.807) is 32.5 Å². The summed E-state index contributed by atoms with van der Waals surface area (Å²) >= 11 is 0. The highest BCUT2D eigenvalue weighted by molar-refractivity contribution is 6.00. The number of hydrogen-bond donors (Lipinski definition) is 2. The maximum atomic E-state index is 11.7. The first kappa shape index (κ1) is 24.4. The van der Waals surface area contributed by atoms with Crippen LogP contribution >= 0.6 is 0 Å². The van der Waals surface area contributed by atoms with Crippen LogP contribution in [0.4, 0.5) is 0 Å². The molecular weight excluding hydrogens is 452 g/mol. The van der Waals surface area contributed by atoms with E-state index in [4.69, 9.17) is 14.2 Å². The molecule has 1 fully saturated rings. The molecule has 10 heteroatoms. The van der Waals surface area contributed by atoms with Crippen molar-refractivity contribution in [1.82, 2.24) is 14.8 Å². The molecule has 184 valence electrons. The van der Waals surface area contributed by atoms with Gasteiger partial charge in [0.1, 0.15) is 46.5 Å². The number of methoxy groups -OCH3 is 2. The minimum Gasteiger partial charge on any atom is -0.496 e. The lowest BCUT2D eigenvalue weighted by Gasteiger charge is -2.27. The second-order valence-electron chi connectivity index (χ2n) is 8.63. The van der Waals surface area contributed by atoms with Gasteiger partial charge < -0.3 is 24.4 Å². The van der Waals surface area contributed by atoms with Crippen LogP contribution in [-0.2, 0) is 11.3 Å². The molecule has 2 aromatic heterocycles. The fourth-order valence-corrected chi connectivity index (χ4v) is 4.53. The Morgan fingerprint density at radius 2 is 1.89 bits per heavy atom. The minimum absolute atomic E-state index is 0.00626. The molecule has 0 spiro atoms. The van der Waals surface area contributed by atoms with E-state index in [0.29, 0.717) is 17.1 Å². The van der Waals surface area contributed by atoms with Crippen LogP contribution in [0.2, 0.25) is 0 Å². The lowest BCUT2D eigenvalue weighted by atomic mass is 10.0. The quantitative estimate of drug-likeness (QED) is 0.471. The Kier molecular flexibility index (Phi) is 7.19. The molecule has 2 unspecified atom stereocenters. The number of carboxylic acids is 1. The van der Waals surface area contributed by atoms with Crippen molar-refractivity contribution in [1.29, 1.82) is 5.26 Å². The Hall–Kier alpha value is -3.68. The van der Waals surface area contributed by atoms with Crippen LogP contribution in [0.1, 0.15) is 59.0 Å². The van der Waals surface area contributed by atoms with Gasteiger partial charge in [0, 0.05) is 5.56 Å². The summed E-state index contributed by atoms with van der Waals surface area (Å²) in [7, 11) is 3.12. The molecule has 1 aromatic carbocycles. The molecule has 1 saturated carbocycles. The van der Waals surface area contributed by atoms with Crippen molar-refractivity contribution in [3.63, 3.8) is 0 Å². The van der Waals surface area contributed by atoms with Gasteiger partial charge in [-0.2, -0.15) is 10.4 Å². The normalized spacial score (nSPS) is 15.6. The fraction of sp³-hybridized carbons (Fsp3) is 0.440. The third-order valence-corrected chi connectivity index (χ3v) is 6.37. The van der Waals surface area contributed by atoms with Gasteiger partial charge in [-0.05, 0) is 43.5 Å². The summed E-state index contributed by atoms with van der Waals surface area (Å²) in [6, 6.07) is 6.60.